The van der Waals surface area contributed by atoms with Crippen molar-refractivity contribution in [3.05, 3.63) is 40.5 Å². The highest BCUT2D eigenvalue weighted by molar-refractivity contribution is 7.99. The second kappa shape index (κ2) is 12.7. The number of benzene rings is 1. The molecule has 2 aromatic heterocycles. The number of piperidine rings is 1. The normalized spacial score (nSPS) is 15.1. The van der Waals surface area contributed by atoms with E-state index in [2.05, 4.69) is 40.8 Å². The standard InChI is InChI=1S/C27H37N5O2S2/c1-5-9-23-25(19(3)35-27-29-18(2)16-24(28)30-27)31-26(36-23)20-10-11-21(33-4)22(17-20)34-15-14-32-12-7-6-8-13-32/h10-11,16-17,19H,5-9,12-15H2,1-4H3,(H2,28,29,30)/t19-/m0/s1. The Morgan fingerprint density at radius 1 is 1.11 bits per heavy atom. The van der Waals surface area contributed by atoms with Crippen molar-refractivity contribution in [1.29, 1.82) is 0 Å². The van der Waals surface area contributed by atoms with Crippen molar-refractivity contribution in [3.63, 3.8) is 0 Å². The first-order chi connectivity index (χ1) is 17.5. The number of aromatic nitrogens is 3. The minimum absolute atomic E-state index is 0.108. The van der Waals surface area contributed by atoms with Crippen LogP contribution in [0.5, 0.6) is 11.5 Å². The molecule has 7 nitrogen and oxygen atoms in total. The van der Waals surface area contributed by atoms with Crippen LogP contribution in [0.1, 0.15) is 61.0 Å². The van der Waals surface area contributed by atoms with Gasteiger partial charge in [0, 0.05) is 28.7 Å². The molecule has 0 bridgehead atoms. The summed E-state index contributed by atoms with van der Waals surface area (Å²) < 4.78 is 11.8. The van der Waals surface area contributed by atoms with Gasteiger partial charge in [-0.05, 0) is 64.4 Å². The molecule has 3 aromatic rings. The van der Waals surface area contributed by atoms with Gasteiger partial charge in [0.25, 0.3) is 0 Å². The van der Waals surface area contributed by atoms with Crippen molar-refractivity contribution < 1.29 is 9.47 Å². The highest BCUT2D eigenvalue weighted by Gasteiger charge is 2.21. The first-order valence-corrected chi connectivity index (χ1v) is 14.5. The molecule has 1 aliphatic heterocycles. The van der Waals surface area contributed by atoms with Gasteiger partial charge in [0.1, 0.15) is 17.4 Å². The molecule has 36 heavy (non-hydrogen) atoms. The highest BCUT2D eigenvalue weighted by Crippen LogP contribution is 2.41. The van der Waals surface area contributed by atoms with Crippen molar-refractivity contribution in [1.82, 2.24) is 19.9 Å². The van der Waals surface area contributed by atoms with Gasteiger partial charge in [-0.2, -0.15) is 0 Å². The van der Waals surface area contributed by atoms with Crippen LogP contribution in [0.2, 0.25) is 0 Å². The summed E-state index contributed by atoms with van der Waals surface area (Å²) in [4.78, 5) is 17.8. The Kier molecular flexibility index (Phi) is 9.45. The van der Waals surface area contributed by atoms with Gasteiger partial charge in [0.15, 0.2) is 16.7 Å². The first kappa shape index (κ1) is 26.7. The zero-order chi connectivity index (χ0) is 25.5. The van der Waals surface area contributed by atoms with Gasteiger partial charge in [-0.1, -0.05) is 31.5 Å². The lowest BCUT2D eigenvalue weighted by atomic mass is 10.1. The maximum absolute atomic E-state index is 6.20. The minimum atomic E-state index is 0.108. The van der Waals surface area contributed by atoms with Crippen LogP contribution in [-0.2, 0) is 6.42 Å². The molecule has 0 spiro atoms. The van der Waals surface area contributed by atoms with Crippen LogP contribution >= 0.6 is 23.1 Å². The molecule has 1 aromatic carbocycles. The molecule has 1 fully saturated rings. The number of aryl methyl sites for hydroxylation is 2. The third-order valence-electron chi connectivity index (χ3n) is 6.25. The molecule has 0 saturated carbocycles. The summed E-state index contributed by atoms with van der Waals surface area (Å²) in [5.41, 5.74) is 8.95. The van der Waals surface area contributed by atoms with Gasteiger partial charge >= 0.3 is 0 Å². The van der Waals surface area contributed by atoms with E-state index in [1.807, 2.05) is 13.0 Å². The summed E-state index contributed by atoms with van der Waals surface area (Å²) in [6.07, 6.45) is 5.96. The smallest absolute Gasteiger partial charge is 0.190 e. The molecule has 0 aliphatic carbocycles. The zero-order valence-electron chi connectivity index (χ0n) is 21.7. The van der Waals surface area contributed by atoms with E-state index < -0.39 is 0 Å². The van der Waals surface area contributed by atoms with E-state index in [-0.39, 0.29) is 5.25 Å². The second-order valence-corrected chi connectivity index (χ2v) is 11.6. The number of likely N-dealkylation sites (tertiary alicyclic amines) is 1. The molecule has 0 unspecified atom stereocenters. The molecule has 9 heteroatoms. The highest BCUT2D eigenvalue weighted by atomic mass is 32.2. The van der Waals surface area contributed by atoms with E-state index in [1.165, 1.54) is 37.2 Å². The van der Waals surface area contributed by atoms with E-state index in [4.69, 9.17) is 20.2 Å². The van der Waals surface area contributed by atoms with Crippen molar-refractivity contribution in [2.75, 3.05) is 39.1 Å². The van der Waals surface area contributed by atoms with Crippen LogP contribution in [0, 0.1) is 6.92 Å². The van der Waals surface area contributed by atoms with E-state index in [9.17, 15) is 0 Å². The maximum atomic E-state index is 6.20. The molecule has 194 valence electrons. The van der Waals surface area contributed by atoms with Crippen LogP contribution < -0.4 is 15.2 Å². The Labute approximate surface area is 222 Å². The van der Waals surface area contributed by atoms with Gasteiger partial charge in [0.2, 0.25) is 0 Å². The Bertz CT molecular complexity index is 1130. The lowest BCUT2D eigenvalue weighted by Gasteiger charge is -2.26. The predicted octanol–water partition coefficient (Wildman–Crippen LogP) is 6.17. The molecule has 3 heterocycles. The number of hydrogen-bond donors (Lipinski definition) is 1. The number of nitrogens with two attached hydrogens (primary N) is 1. The molecule has 1 atom stereocenters. The fourth-order valence-corrected chi connectivity index (χ4v) is 6.74. The molecular formula is C27H37N5O2S2. The molecule has 0 amide bonds. The number of hydrogen-bond acceptors (Lipinski definition) is 9. The van der Waals surface area contributed by atoms with Crippen LogP contribution in [0.4, 0.5) is 5.82 Å². The van der Waals surface area contributed by atoms with Crippen LogP contribution in [-0.4, -0.2) is 53.2 Å². The number of anilines is 1. The molecule has 1 saturated heterocycles. The molecule has 1 aliphatic rings. The number of nitrogens with zero attached hydrogens (tertiary/aromatic N) is 4. The lowest BCUT2D eigenvalue weighted by molar-refractivity contribution is 0.180. The summed E-state index contributed by atoms with van der Waals surface area (Å²) in [7, 11) is 1.69. The molecule has 2 N–H and O–H groups in total. The Morgan fingerprint density at radius 2 is 1.92 bits per heavy atom. The first-order valence-electron chi connectivity index (χ1n) is 12.8. The average molecular weight is 528 g/mol. The molecular weight excluding hydrogens is 490 g/mol. The summed E-state index contributed by atoms with van der Waals surface area (Å²) >= 11 is 3.36. The summed E-state index contributed by atoms with van der Waals surface area (Å²) in [5.74, 6) is 2.02. The van der Waals surface area contributed by atoms with Crippen molar-refractivity contribution >= 4 is 28.9 Å². The van der Waals surface area contributed by atoms with E-state index in [0.717, 1.165) is 52.8 Å². The monoisotopic (exact) mass is 527 g/mol. The van der Waals surface area contributed by atoms with Crippen molar-refractivity contribution in [2.24, 2.45) is 0 Å². The van der Waals surface area contributed by atoms with Gasteiger partial charge in [0.05, 0.1) is 18.1 Å². The molecule has 0 radical (unpaired) electrons. The second-order valence-electron chi connectivity index (χ2n) is 9.17. The van der Waals surface area contributed by atoms with Gasteiger partial charge in [-0.15, -0.1) is 11.3 Å². The number of nitrogen functional groups attached to an aromatic ring is 1. The van der Waals surface area contributed by atoms with E-state index in [1.54, 1.807) is 36.3 Å². The third kappa shape index (κ3) is 6.89. The van der Waals surface area contributed by atoms with Gasteiger partial charge in [-0.25, -0.2) is 15.0 Å². The van der Waals surface area contributed by atoms with E-state index in [0.29, 0.717) is 17.6 Å². The average Bonchev–Trinajstić information content (AvgIpc) is 3.28. The van der Waals surface area contributed by atoms with Crippen molar-refractivity contribution in [3.8, 4) is 22.1 Å². The van der Waals surface area contributed by atoms with Crippen molar-refractivity contribution in [2.45, 2.75) is 63.3 Å². The molecule has 4 rings (SSSR count). The summed E-state index contributed by atoms with van der Waals surface area (Å²) in [6.45, 7) is 10.2. The Morgan fingerprint density at radius 3 is 2.64 bits per heavy atom. The maximum Gasteiger partial charge on any atom is 0.190 e. The minimum Gasteiger partial charge on any atom is -0.493 e. The predicted molar refractivity (Wildman–Crippen MR) is 149 cm³/mol. The summed E-state index contributed by atoms with van der Waals surface area (Å²) in [5, 5.41) is 1.79. The summed E-state index contributed by atoms with van der Waals surface area (Å²) in [6, 6.07) is 7.90. The zero-order valence-corrected chi connectivity index (χ0v) is 23.4. The fraction of sp³-hybridized carbons (Fsp3) is 0.519. The van der Waals surface area contributed by atoms with Gasteiger partial charge in [-0.3, -0.25) is 4.90 Å². The number of methoxy groups -OCH3 is 1. The van der Waals surface area contributed by atoms with E-state index >= 15 is 0 Å². The number of thiazole rings is 1. The number of ether oxygens (including phenoxy) is 2. The van der Waals surface area contributed by atoms with Crippen LogP contribution in [0.15, 0.2) is 29.4 Å². The topological polar surface area (TPSA) is 86.4 Å². The SMILES string of the molecule is CCCc1sc(-c2ccc(OC)c(OCCN3CCCCC3)c2)nc1[C@H](C)Sc1nc(C)cc(N)n1. The number of thioether (sulfide) groups is 1. The van der Waals surface area contributed by atoms with Crippen LogP contribution in [0.25, 0.3) is 10.6 Å². The van der Waals surface area contributed by atoms with Crippen LogP contribution in [0.3, 0.4) is 0 Å². The van der Waals surface area contributed by atoms with Gasteiger partial charge < -0.3 is 15.2 Å². The lowest BCUT2D eigenvalue weighted by Crippen LogP contribution is -2.33. The number of rotatable bonds is 11. The quantitative estimate of drug-likeness (QED) is 0.234. The fourth-order valence-electron chi connectivity index (χ4n) is 4.43. The Balaban J connectivity index is 1.53. The third-order valence-corrected chi connectivity index (χ3v) is 8.40. The largest absolute Gasteiger partial charge is 0.493 e. The Hall–Kier alpha value is -2.36.